The average molecular weight is 336 g/mol. The summed E-state index contributed by atoms with van der Waals surface area (Å²) in [6.45, 7) is 1.78. The van der Waals surface area contributed by atoms with Gasteiger partial charge >= 0.3 is 12.1 Å². The second kappa shape index (κ2) is 6.78. The highest BCUT2D eigenvalue weighted by Crippen LogP contribution is 2.30. The third-order valence-electron chi connectivity index (χ3n) is 3.49. The lowest BCUT2D eigenvalue weighted by Crippen LogP contribution is -2.04. The van der Waals surface area contributed by atoms with Crippen molar-refractivity contribution in [3.8, 4) is 5.75 Å². The largest absolute Gasteiger partial charge is 0.496 e. The zero-order valence-electron chi connectivity index (χ0n) is 13.0. The van der Waals surface area contributed by atoms with Gasteiger partial charge in [-0.2, -0.15) is 13.2 Å². The van der Waals surface area contributed by atoms with Crippen molar-refractivity contribution in [1.29, 1.82) is 0 Å². The Morgan fingerprint density at radius 2 is 1.75 bits per heavy atom. The quantitative estimate of drug-likeness (QED) is 0.653. The zero-order chi connectivity index (χ0) is 17.9. The first kappa shape index (κ1) is 17.6. The van der Waals surface area contributed by atoms with Crippen LogP contribution in [0.15, 0.2) is 42.5 Å². The van der Waals surface area contributed by atoms with E-state index in [4.69, 9.17) is 4.74 Å². The number of aliphatic carboxylic acids is 1. The molecule has 0 unspecified atom stereocenters. The summed E-state index contributed by atoms with van der Waals surface area (Å²) < 4.78 is 42.8. The Balaban J connectivity index is 2.42. The van der Waals surface area contributed by atoms with Crippen LogP contribution in [0, 0.1) is 6.92 Å². The predicted octanol–water partition coefficient (Wildman–Crippen LogP) is 4.65. The number of benzene rings is 2. The van der Waals surface area contributed by atoms with Gasteiger partial charge in [-0.25, -0.2) is 4.79 Å². The van der Waals surface area contributed by atoms with E-state index in [2.05, 4.69) is 0 Å². The Morgan fingerprint density at radius 1 is 1.12 bits per heavy atom. The summed E-state index contributed by atoms with van der Waals surface area (Å²) in [5, 5.41) is 9.41. The molecule has 0 bridgehead atoms. The first-order chi connectivity index (χ1) is 11.2. The molecule has 0 heterocycles. The van der Waals surface area contributed by atoms with E-state index < -0.39 is 17.7 Å². The number of rotatable bonds is 4. The van der Waals surface area contributed by atoms with Crippen LogP contribution in [0.2, 0.25) is 0 Å². The molecule has 0 aliphatic carbocycles. The van der Waals surface area contributed by atoms with Crippen molar-refractivity contribution in [2.75, 3.05) is 7.11 Å². The van der Waals surface area contributed by atoms with Crippen molar-refractivity contribution < 1.29 is 27.8 Å². The van der Waals surface area contributed by atoms with Crippen LogP contribution in [0.3, 0.4) is 0 Å². The third kappa shape index (κ3) is 3.95. The Morgan fingerprint density at radius 3 is 2.21 bits per heavy atom. The van der Waals surface area contributed by atoms with Crippen LogP contribution in [0.25, 0.3) is 11.6 Å². The van der Waals surface area contributed by atoms with E-state index in [1.807, 2.05) is 0 Å². The Labute approximate surface area is 137 Å². The second-order valence-corrected chi connectivity index (χ2v) is 5.17. The number of methoxy groups -OCH3 is 1. The predicted molar refractivity (Wildman–Crippen MR) is 84.7 cm³/mol. The third-order valence-corrected chi connectivity index (χ3v) is 3.49. The SMILES string of the molecule is COc1ccc(/C(=C/c2ccc(C(F)(F)F)cc2)C(=O)O)cc1C. The normalized spacial score (nSPS) is 12.1. The number of hydrogen-bond donors (Lipinski definition) is 1. The molecule has 2 aromatic rings. The number of halogens is 3. The monoisotopic (exact) mass is 336 g/mol. The summed E-state index contributed by atoms with van der Waals surface area (Å²) >= 11 is 0. The summed E-state index contributed by atoms with van der Waals surface area (Å²) in [7, 11) is 1.51. The molecule has 0 saturated carbocycles. The van der Waals surface area contributed by atoms with Crippen LogP contribution < -0.4 is 4.74 Å². The van der Waals surface area contributed by atoms with Crippen molar-refractivity contribution in [1.82, 2.24) is 0 Å². The van der Waals surface area contributed by atoms with Crippen molar-refractivity contribution in [3.63, 3.8) is 0 Å². The van der Waals surface area contributed by atoms with E-state index in [0.717, 1.165) is 17.7 Å². The molecule has 0 amide bonds. The molecule has 24 heavy (non-hydrogen) atoms. The van der Waals surface area contributed by atoms with Crippen LogP contribution in [0.4, 0.5) is 13.2 Å². The van der Waals surface area contributed by atoms with Crippen LogP contribution in [-0.4, -0.2) is 18.2 Å². The summed E-state index contributed by atoms with van der Waals surface area (Å²) in [5.41, 5.74) is 0.779. The smallest absolute Gasteiger partial charge is 0.416 e. The minimum atomic E-state index is -4.43. The molecule has 126 valence electrons. The van der Waals surface area contributed by atoms with Gasteiger partial charge < -0.3 is 9.84 Å². The molecule has 0 fully saturated rings. The Hall–Kier alpha value is -2.76. The van der Waals surface area contributed by atoms with Crippen LogP contribution in [0.5, 0.6) is 5.75 Å². The van der Waals surface area contributed by atoms with Gasteiger partial charge in [-0.15, -0.1) is 0 Å². The van der Waals surface area contributed by atoms with E-state index in [0.29, 0.717) is 16.9 Å². The lowest BCUT2D eigenvalue weighted by Gasteiger charge is -2.09. The van der Waals surface area contributed by atoms with Gasteiger partial charge in [0.15, 0.2) is 0 Å². The topological polar surface area (TPSA) is 46.5 Å². The number of aryl methyl sites for hydroxylation is 1. The van der Waals surface area contributed by atoms with Gasteiger partial charge in [0.25, 0.3) is 0 Å². The molecule has 2 aromatic carbocycles. The zero-order valence-corrected chi connectivity index (χ0v) is 13.0. The van der Waals surface area contributed by atoms with Crippen molar-refractivity contribution in [3.05, 3.63) is 64.7 Å². The fourth-order valence-electron chi connectivity index (χ4n) is 2.25. The number of ether oxygens (including phenoxy) is 1. The summed E-state index contributed by atoms with van der Waals surface area (Å²) in [6, 6.07) is 9.21. The van der Waals surface area contributed by atoms with Crippen molar-refractivity contribution in [2.45, 2.75) is 13.1 Å². The number of carboxylic acid groups (broad SMARTS) is 1. The minimum Gasteiger partial charge on any atom is -0.496 e. The highest BCUT2D eigenvalue weighted by atomic mass is 19.4. The molecule has 0 aromatic heterocycles. The van der Waals surface area contributed by atoms with E-state index in [-0.39, 0.29) is 5.57 Å². The van der Waals surface area contributed by atoms with Gasteiger partial charge in [-0.1, -0.05) is 18.2 Å². The van der Waals surface area contributed by atoms with Gasteiger partial charge in [-0.3, -0.25) is 0 Å². The van der Waals surface area contributed by atoms with E-state index in [1.54, 1.807) is 25.1 Å². The highest BCUT2D eigenvalue weighted by Gasteiger charge is 2.29. The summed E-state index contributed by atoms with van der Waals surface area (Å²) in [6.07, 6.45) is -3.09. The molecule has 6 heteroatoms. The van der Waals surface area contributed by atoms with Gasteiger partial charge in [0.05, 0.1) is 18.2 Å². The fraction of sp³-hybridized carbons (Fsp3) is 0.167. The van der Waals surface area contributed by atoms with Gasteiger partial charge in [0.2, 0.25) is 0 Å². The average Bonchev–Trinajstić information content (AvgIpc) is 2.52. The minimum absolute atomic E-state index is 0.0134. The molecule has 0 spiro atoms. The van der Waals surface area contributed by atoms with Gasteiger partial charge in [-0.05, 0) is 54.0 Å². The Kier molecular flexibility index (Phi) is 4.97. The molecular weight excluding hydrogens is 321 g/mol. The second-order valence-electron chi connectivity index (χ2n) is 5.17. The van der Waals surface area contributed by atoms with E-state index >= 15 is 0 Å². The first-order valence-corrected chi connectivity index (χ1v) is 6.99. The molecule has 0 aliphatic rings. The first-order valence-electron chi connectivity index (χ1n) is 6.99. The number of carbonyl (C=O) groups is 1. The number of alkyl halides is 3. The summed E-state index contributed by atoms with van der Waals surface area (Å²) in [5.74, 6) is -0.544. The highest BCUT2D eigenvalue weighted by molar-refractivity contribution is 6.20. The van der Waals surface area contributed by atoms with Gasteiger partial charge in [0, 0.05) is 0 Å². The van der Waals surface area contributed by atoms with E-state index in [9.17, 15) is 23.1 Å². The lowest BCUT2D eigenvalue weighted by atomic mass is 10.00. The van der Waals surface area contributed by atoms with Crippen molar-refractivity contribution in [2.24, 2.45) is 0 Å². The van der Waals surface area contributed by atoms with Crippen LogP contribution >= 0.6 is 0 Å². The molecule has 3 nitrogen and oxygen atoms in total. The molecule has 0 saturated heterocycles. The number of carboxylic acids is 1. The van der Waals surface area contributed by atoms with Crippen LogP contribution in [-0.2, 0) is 11.0 Å². The maximum absolute atomic E-state index is 12.6. The molecular formula is C18H15F3O3. The molecule has 0 radical (unpaired) electrons. The number of hydrogen-bond acceptors (Lipinski definition) is 2. The molecule has 1 N–H and O–H groups in total. The van der Waals surface area contributed by atoms with Gasteiger partial charge in [0.1, 0.15) is 5.75 Å². The van der Waals surface area contributed by atoms with Crippen LogP contribution in [0.1, 0.15) is 22.3 Å². The molecule has 0 aliphatic heterocycles. The molecule has 0 atom stereocenters. The summed E-state index contributed by atoms with van der Waals surface area (Å²) in [4.78, 5) is 11.5. The van der Waals surface area contributed by atoms with E-state index in [1.165, 1.54) is 25.3 Å². The maximum Gasteiger partial charge on any atom is 0.416 e. The Bertz CT molecular complexity index is 775. The maximum atomic E-state index is 12.6. The lowest BCUT2D eigenvalue weighted by molar-refractivity contribution is -0.137. The molecule has 2 rings (SSSR count). The standard InChI is InChI=1S/C18H15F3O3/c1-11-9-13(5-8-16(11)24-2)15(17(22)23)10-12-3-6-14(7-4-12)18(19,20)21/h3-10H,1-2H3,(H,22,23)/b15-10-. The van der Waals surface area contributed by atoms with Crippen molar-refractivity contribution >= 4 is 17.6 Å². The fourth-order valence-corrected chi connectivity index (χ4v) is 2.25.